The van der Waals surface area contributed by atoms with Crippen LogP contribution in [0.15, 0.2) is 0 Å². The van der Waals surface area contributed by atoms with Crippen LogP contribution >= 0.6 is 0 Å². The normalized spacial score (nSPS) is 21.3. The fourth-order valence-electron chi connectivity index (χ4n) is 1.17. The van der Waals surface area contributed by atoms with E-state index in [0.717, 1.165) is 19.4 Å². The number of hydrogen-bond acceptors (Lipinski definition) is 2. The minimum atomic E-state index is -0.114. The summed E-state index contributed by atoms with van der Waals surface area (Å²) in [5, 5.41) is 4.29. The van der Waals surface area contributed by atoms with Crippen LogP contribution in [0.4, 0.5) is 0 Å². The van der Waals surface area contributed by atoms with Gasteiger partial charge in [-0.05, 0) is 0 Å². The molecule has 1 rings (SSSR count). The van der Waals surface area contributed by atoms with Gasteiger partial charge >= 0.3 is 5.97 Å². The fourth-order valence-corrected chi connectivity index (χ4v) is 1.17. The van der Waals surface area contributed by atoms with E-state index in [4.69, 9.17) is 4.74 Å². The van der Waals surface area contributed by atoms with Gasteiger partial charge in [-0.25, -0.2) is 0 Å². The van der Waals surface area contributed by atoms with Crippen molar-refractivity contribution in [2.24, 2.45) is 5.92 Å². The van der Waals surface area contributed by atoms with Crippen LogP contribution in [0, 0.1) is 5.92 Å². The van der Waals surface area contributed by atoms with Crippen LogP contribution in [0.1, 0.15) is 26.7 Å². The largest absolute Gasteiger partial charge is 0.657 e. The van der Waals surface area contributed by atoms with E-state index in [9.17, 15) is 4.79 Å². The maximum absolute atomic E-state index is 11.0. The summed E-state index contributed by atoms with van der Waals surface area (Å²) in [6.45, 7) is 5.10. The maximum atomic E-state index is 11.0. The van der Waals surface area contributed by atoms with Crippen molar-refractivity contribution in [2.75, 3.05) is 13.2 Å². The quantitative estimate of drug-likeness (QED) is 0.724. The van der Waals surface area contributed by atoms with Crippen molar-refractivity contribution in [1.29, 1.82) is 0 Å². The number of carbonyl (C=O) groups is 1. The van der Waals surface area contributed by atoms with E-state index in [-0.39, 0.29) is 50.6 Å². The van der Waals surface area contributed by atoms with Crippen LogP contribution in [-0.4, -0.2) is 25.2 Å². The van der Waals surface area contributed by atoms with E-state index in [1.807, 2.05) is 13.8 Å². The first-order valence-electron chi connectivity index (χ1n) is 4.53. The van der Waals surface area contributed by atoms with Crippen molar-refractivity contribution >= 4 is 5.97 Å². The van der Waals surface area contributed by atoms with E-state index in [1.165, 1.54) is 0 Å². The van der Waals surface area contributed by atoms with Crippen molar-refractivity contribution in [3.63, 3.8) is 0 Å². The van der Waals surface area contributed by atoms with Gasteiger partial charge in [0, 0.05) is 32.7 Å². The Balaban J connectivity index is 0.00000144. The molecule has 0 aromatic rings. The molecule has 0 aromatic heterocycles. The zero-order valence-electron chi connectivity index (χ0n) is 8.32. The second kappa shape index (κ2) is 6.91. The van der Waals surface area contributed by atoms with Crippen molar-refractivity contribution in [1.82, 2.24) is 0 Å². The Labute approximate surface area is 105 Å². The van der Waals surface area contributed by atoms with E-state index < -0.39 is 0 Å². The summed E-state index contributed by atoms with van der Waals surface area (Å²) >= 11 is 0. The molecule has 1 heterocycles. The van der Waals surface area contributed by atoms with Crippen molar-refractivity contribution < 1.29 is 42.2 Å². The van der Waals surface area contributed by atoms with Crippen LogP contribution in [-0.2, 0) is 42.2 Å². The zero-order valence-corrected chi connectivity index (χ0v) is 11.2. The molecule has 1 saturated heterocycles. The van der Waals surface area contributed by atoms with E-state index >= 15 is 0 Å². The predicted octanol–water partition coefficient (Wildman–Crippen LogP) is 1.72. The third kappa shape index (κ3) is 5.09. The average Bonchev–Trinajstić information content (AvgIpc) is 2.51. The number of carbonyl (C=O) groups excluding carboxylic acids is 1. The molecule has 1 radical (unpaired) electrons. The molecule has 73 valence electrons. The first-order valence-corrected chi connectivity index (χ1v) is 4.53. The Morgan fingerprint density at radius 3 is 2.77 bits per heavy atom. The van der Waals surface area contributed by atoms with Gasteiger partial charge in [-0.1, -0.05) is 26.7 Å². The number of hydrogen-bond donors (Lipinski definition) is 0. The molecule has 3 nitrogen and oxygen atoms in total. The molecule has 1 fully saturated rings. The number of ether oxygens (including phenoxy) is 1. The molecule has 0 spiro atoms. The summed E-state index contributed by atoms with van der Waals surface area (Å²) in [5.74, 6) is -0.136. The standard InChI is InChI=1S/C9H16NO2.Y/c1-7(2)9(11)12-6-8-4-3-5-10-8;/h7-8H,3-6H2,1-2H3;/q-1;/t8-;/m0./s1. The van der Waals surface area contributed by atoms with Crippen molar-refractivity contribution in [2.45, 2.75) is 32.7 Å². The second-order valence-electron chi connectivity index (χ2n) is 3.49. The Hall–Kier alpha value is 0.534. The first kappa shape index (κ1) is 13.5. The van der Waals surface area contributed by atoms with Crippen molar-refractivity contribution in [3.8, 4) is 0 Å². The van der Waals surface area contributed by atoms with Gasteiger partial charge in [0.05, 0.1) is 12.5 Å². The number of rotatable bonds is 3. The van der Waals surface area contributed by atoms with E-state index in [2.05, 4.69) is 5.32 Å². The monoisotopic (exact) mass is 259 g/mol. The summed E-state index contributed by atoms with van der Waals surface area (Å²) < 4.78 is 5.05. The topological polar surface area (TPSA) is 40.4 Å². The Morgan fingerprint density at radius 2 is 2.31 bits per heavy atom. The van der Waals surface area contributed by atoms with Gasteiger partial charge in [0.1, 0.15) is 0 Å². The molecule has 1 aliphatic rings. The van der Waals surface area contributed by atoms with Gasteiger partial charge < -0.3 is 10.1 Å². The van der Waals surface area contributed by atoms with Gasteiger partial charge in [-0.2, -0.15) is 0 Å². The van der Waals surface area contributed by atoms with Crippen LogP contribution in [0.2, 0.25) is 0 Å². The Kier molecular flexibility index (Phi) is 7.19. The summed E-state index contributed by atoms with van der Waals surface area (Å²) in [6.07, 6.45) is 2.22. The minimum absolute atomic E-state index is 0. The van der Waals surface area contributed by atoms with Crippen LogP contribution < -0.4 is 0 Å². The molecule has 0 bridgehead atoms. The summed E-state index contributed by atoms with van der Waals surface area (Å²) in [7, 11) is 0. The molecule has 0 saturated carbocycles. The van der Waals surface area contributed by atoms with Gasteiger partial charge in [-0.3, -0.25) is 4.79 Å². The number of nitrogens with zero attached hydrogens (tertiary/aromatic N) is 1. The molecule has 1 atom stereocenters. The Bertz CT molecular complexity index is 156. The molecule has 4 heteroatoms. The smallest absolute Gasteiger partial charge is 0.308 e. The second-order valence-corrected chi connectivity index (χ2v) is 3.49. The molecule has 0 aliphatic carbocycles. The molecule has 0 aromatic carbocycles. The minimum Gasteiger partial charge on any atom is -0.657 e. The van der Waals surface area contributed by atoms with Gasteiger partial charge in [0.2, 0.25) is 0 Å². The van der Waals surface area contributed by atoms with Gasteiger partial charge in [0.15, 0.2) is 0 Å². The number of esters is 1. The fraction of sp³-hybridized carbons (Fsp3) is 0.889. The Morgan fingerprint density at radius 1 is 1.62 bits per heavy atom. The van der Waals surface area contributed by atoms with Gasteiger partial charge in [0.25, 0.3) is 0 Å². The van der Waals surface area contributed by atoms with E-state index in [1.54, 1.807) is 0 Å². The van der Waals surface area contributed by atoms with Gasteiger partial charge in [-0.15, -0.1) is 12.6 Å². The molecular formula is C9H16NO2Y-. The zero-order chi connectivity index (χ0) is 8.97. The van der Waals surface area contributed by atoms with Crippen LogP contribution in [0.5, 0.6) is 0 Å². The van der Waals surface area contributed by atoms with Crippen LogP contribution in [0.3, 0.4) is 0 Å². The molecule has 0 unspecified atom stereocenters. The third-order valence-corrected chi connectivity index (χ3v) is 1.97. The summed E-state index contributed by atoms with van der Waals surface area (Å²) in [5.41, 5.74) is 0. The molecule has 1 aliphatic heterocycles. The third-order valence-electron chi connectivity index (χ3n) is 1.97. The summed E-state index contributed by atoms with van der Waals surface area (Å²) in [4.78, 5) is 11.0. The van der Waals surface area contributed by atoms with E-state index in [0.29, 0.717) is 6.61 Å². The summed E-state index contributed by atoms with van der Waals surface area (Å²) in [6, 6.07) is 0.271. The first-order chi connectivity index (χ1) is 5.70. The maximum Gasteiger partial charge on any atom is 0.308 e. The molecule has 0 N–H and O–H groups in total. The molecular weight excluding hydrogens is 243 g/mol. The van der Waals surface area contributed by atoms with Crippen molar-refractivity contribution in [3.05, 3.63) is 5.32 Å². The predicted molar refractivity (Wildman–Crippen MR) is 47.0 cm³/mol. The van der Waals surface area contributed by atoms with Crippen LogP contribution in [0.25, 0.3) is 5.32 Å². The average molecular weight is 259 g/mol. The molecule has 0 amide bonds. The molecule has 13 heavy (non-hydrogen) atoms. The SMILES string of the molecule is CC(C)C(=O)OC[C@@H]1CCC[N-]1.[Y].